The summed E-state index contributed by atoms with van der Waals surface area (Å²) in [7, 11) is 5.15. The highest BCUT2D eigenvalue weighted by atomic mass is 16.5. The van der Waals surface area contributed by atoms with Crippen LogP contribution in [-0.4, -0.2) is 47.6 Å². The predicted octanol–water partition coefficient (Wildman–Crippen LogP) is 8.36. The van der Waals surface area contributed by atoms with E-state index in [1.54, 1.807) is 21.3 Å². The first-order chi connectivity index (χ1) is 22.9. The van der Waals surface area contributed by atoms with Crippen molar-refractivity contribution in [2.45, 2.75) is 24.9 Å². The van der Waals surface area contributed by atoms with Gasteiger partial charge in [0, 0.05) is 40.6 Å². The average molecular weight is 626 g/mol. The van der Waals surface area contributed by atoms with Crippen molar-refractivity contribution in [2.24, 2.45) is 0 Å². The van der Waals surface area contributed by atoms with Crippen molar-refractivity contribution in [3.63, 3.8) is 0 Å². The molecule has 47 heavy (non-hydrogen) atoms. The van der Waals surface area contributed by atoms with Gasteiger partial charge in [0.15, 0.2) is 5.60 Å². The van der Waals surface area contributed by atoms with Crippen LogP contribution in [0.15, 0.2) is 91.0 Å². The van der Waals surface area contributed by atoms with E-state index in [-0.39, 0.29) is 5.41 Å². The Morgan fingerprint density at radius 3 is 1.94 bits per heavy atom. The number of rotatable bonds is 6. The Morgan fingerprint density at radius 1 is 0.723 bits per heavy atom. The molecular weight excluding hydrogens is 586 g/mol. The predicted molar refractivity (Wildman–Crippen MR) is 188 cm³/mol. The molecule has 3 aliphatic rings. The molecule has 0 radical (unpaired) electrons. The van der Waals surface area contributed by atoms with Gasteiger partial charge in [0.25, 0.3) is 0 Å². The van der Waals surface area contributed by atoms with Crippen LogP contribution in [0.4, 0.5) is 5.69 Å². The van der Waals surface area contributed by atoms with Crippen LogP contribution < -0.4 is 23.8 Å². The van der Waals surface area contributed by atoms with Crippen molar-refractivity contribution in [3.05, 3.63) is 119 Å². The third-order valence-corrected chi connectivity index (χ3v) is 10.2. The van der Waals surface area contributed by atoms with Crippen molar-refractivity contribution in [1.29, 1.82) is 0 Å². The minimum Gasteiger partial charge on any atom is -0.497 e. The number of benzene rings is 5. The van der Waals surface area contributed by atoms with Gasteiger partial charge in [0.2, 0.25) is 0 Å². The van der Waals surface area contributed by atoms with Gasteiger partial charge in [-0.25, -0.2) is 0 Å². The Bertz CT molecular complexity index is 1970. The van der Waals surface area contributed by atoms with Gasteiger partial charge < -0.3 is 28.6 Å². The smallest absolute Gasteiger partial charge is 0.178 e. The molecule has 0 aromatic heterocycles. The van der Waals surface area contributed by atoms with Gasteiger partial charge in [-0.05, 0) is 70.1 Å². The molecule has 6 heteroatoms. The van der Waals surface area contributed by atoms with E-state index in [1.807, 2.05) is 24.3 Å². The van der Waals surface area contributed by atoms with Crippen molar-refractivity contribution in [1.82, 2.24) is 0 Å². The fraction of sp³-hybridized carbons (Fsp3) is 0.268. The van der Waals surface area contributed by atoms with Crippen molar-refractivity contribution in [3.8, 4) is 34.1 Å². The number of fused-ring (bicyclic) bond motifs is 8. The minimum atomic E-state index is -0.870. The van der Waals surface area contributed by atoms with E-state index in [0.29, 0.717) is 13.2 Å². The molecule has 0 amide bonds. The van der Waals surface area contributed by atoms with Crippen LogP contribution in [0, 0.1) is 0 Å². The molecule has 2 aliphatic heterocycles. The summed E-state index contributed by atoms with van der Waals surface area (Å²) in [5.74, 6) is 3.37. The van der Waals surface area contributed by atoms with E-state index in [2.05, 4.69) is 91.6 Å². The molecule has 1 fully saturated rings. The topological polar surface area (TPSA) is 49.4 Å². The highest BCUT2D eigenvalue weighted by molar-refractivity contribution is 6.09. The van der Waals surface area contributed by atoms with E-state index in [1.165, 1.54) is 27.6 Å². The van der Waals surface area contributed by atoms with Crippen LogP contribution in [0.5, 0.6) is 23.0 Å². The summed E-state index contributed by atoms with van der Waals surface area (Å²) in [4.78, 5) is 2.39. The van der Waals surface area contributed by atoms with Crippen LogP contribution >= 0.6 is 0 Å². The second-order valence-electron chi connectivity index (χ2n) is 13.0. The molecular formula is C41H39NO5. The molecule has 6 nitrogen and oxygen atoms in total. The van der Waals surface area contributed by atoms with Crippen molar-refractivity contribution < 1.29 is 23.7 Å². The summed E-state index contributed by atoms with van der Waals surface area (Å²) < 4.78 is 30.2. The lowest BCUT2D eigenvalue weighted by molar-refractivity contribution is 0.122. The molecule has 5 aromatic carbocycles. The maximum Gasteiger partial charge on any atom is 0.178 e. The van der Waals surface area contributed by atoms with E-state index in [4.69, 9.17) is 23.7 Å². The molecule has 1 saturated heterocycles. The third-order valence-electron chi connectivity index (χ3n) is 10.2. The number of ether oxygens (including phenoxy) is 5. The quantitative estimate of drug-likeness (QED) is 0.189. The van der Waals surface area contributed by atoms with E-state index < -0.39 is 5.60 Å². The molecule has 5 aromatic rings. The highest BCUT2D eigenvalue weighted by Gasteiger charge is 2.45. The van der Waals surface area contributed by atoms with Gasteiger partial charge in [0.1, 0.15) is 23.0 Å². The molecule has 0 N–H and O–H groups in total. The summed E-state index contributed by atoms with van der Waals surface area (Å²) >= 11 is 0. The monoisotopic (exact) mass is 625 g/mol. The van der Waals surface area contributed by atoms with Gasteiger partial charge in [-0.1, -0.05) is 68.5 Å². The van der Waals surface area contributed by atoms with E-state index >= 15 is 0 Å². The second kappa shape index (κ2) is 11.1. The lowest BCUT2D eigenvalue weighted by atomic mass is 9.76. The summed E-state index contributed by atoms with van der Waals surface area (Å²) in [6.45, 7) is 7.80. The average Bonchev–Trinajstić information content (AvgIpc) is 3.37. The largest absolute Gasteiger partial charge is 0.497 e. The van der Waals surface area contributed by atoms with E-state index in [9.17, 15) is 0 Å². The van der Waals surface area contributed by atoms with Crippen LogP contribution in [0.2, 0.25) is 0 Å². The molecule has 0 saturated carbocycles. The number of hydrogen-bond acceptors (Lipinski definition) is 6. The minimum absolute atomic E-state index is 0.292. The number of anilines is 1. The number of methoxy groups -OCH3 is 3. The van der Waals surface area contributed by atoms with Gasteiger partial charge in [-0.15, -0.1) is 0 Å². The number of hydrogen-bond donors (Lipinski definition) is 0. The zero-order valence-corrected chi connectivity index (χ0v) is 27.6. The molecule has 1 aliphatic carbocycles. The second-order valence-corrected chi connectivity index (χ2v) is 13.0. The van der Waals surface area contributed by atoms with Gasteiger partial charge in [-0.2, -0.15) is 0 Å². The van der Waals surface area contributed by atoms with Crippen LogP contribution in [0.3, 0.4) is 0 Å². The Hall–Kier alpha value is -4.94. The van der Waals surface area contributed by atoms with Crippen LogP contribution in [-0.2, 0) is 15.8 Å². The number of nitrogens with zero attached hydrogens (tertiary/aromatic N) is 1. The van der Waals surface area contributed by atoms with Gasteiger partial charge in [-0.3, -0.25) is 0 Å². The maximum absolute atomic E-state index is 7.42. The Balaban J connectivity index is 1.37. The molecule has 238 valence electrons. The molecule has 0 atom stereocenters. The highest BCUT2D eigenvalue weighted by Crippen LogP contribution is 2.59. The maximum atomic E-state index is 7.42. The fourth-order valence-electron chi connectivity index (χ4n) is 7.82. The summed E-state index contributed by atoms with van der Waals surface area (Å²) in [5, 5.41) is 2.25. The standard InChI is InChI=1S/C41H39NO5/c1-40(2)34-25-35(42-20-22-46-23-21-42)36(45-5)24-33(34)37-30-8-6-7-9-31(30)39-32(38(37)40)18-19-41(47-39,26-10-14-28(43-3)15-11-26)27-12-16-29(44-4)17-13-27/h6-19,24-25H,20-23H2,1-5H3. The SMILES string of the molecule is COc1ccc(C2(c3ccc(OC)cc3)C=Cc3c4c(c5ccccc5c3O2)-c2cc(OC)c(N3CCOCC3)cc2C4(C)C)cc1. The lowest BCUT2D eigenvalue weighted by Gasteiger charge is -2.38. The van der Waals surface area contributed by atoms with Crippen LogP contribution in [0.25, 0.3) is 28.0 Å². The summed E-state index contributed by atoms with van der Waals surface area (Å²) in [5.41, 5.74) is 8.14. The fourth-order valence-corrected chi connectivity index (χ4v) is 7.82. The van der Waals surface area contributed by atoms with Crippen LogP contribution in [0.1, 0.15) is 41.7 Å². The normalized spacial score (nSPS) is 17.0. The molecule has 0 spiro atoms. The van der Waals surface area contributed by atoms with E-state index in [0.717, 1.165) is 63.9 Å². The van der Waals surface area contributed by atoms with Crippen molar-refractivity contribution in [2.75, 3.05) is 52.5 Å². The molecule has 0 bridgehead atoms. The third kappa shape index (κ3) is 4.42. The first-order valence-corrected chi connectivity index (χ1v) is 16.2. The zero-order valence-electron chi connectivity index (χ0n) is 27.6. The first kappa shape index (κ1) is 29.5. The molecule has 2 heterocycles. The lowest BCUT2D eigenvalue weighted by Crippen LogP contribution is -2.36. The Kier molecular flexibility index (Phi) is 6.96. The Morgan fingerprint density at radius 2 is 1.34 bits per heavy atom. The van der Waals surface area contributed by atoms with Gasteiger partial charge in [0.05, 0.1) is 40.2 Å². The summed E-state index contributed by atoms with van der Waals surface area (Å²) in [6.07, 6.45) is 4.50. The molecule has 0 unspecified atom stereocenters. The molecule has 8 rings (SSSR count). The first-order valence-electron chi connectivity index (χ1n) is 16.2. The zero-order chi connectivity index (χ0) is 32.3. The van der Waals surface area contributed by atoms with Gasteiger partial charge >= 0.3 is 0 Å². The van der Waals surface area contributed by atoms with Crippen molar-refractivity contribution >= 4 is 22.5 Å². The number of morpholine rings is 1. The Labute approximate surface area is 276 Å². The summed E-state index contributed by atoms with van der Waals surface area (Å²) in [6, 6.07) is 29.6.